The number of hydrogen-bond donors (Lipinski definition) is 0. The summed E-state index contributed by atoms with van der Waals surface area (Å²) >= 11 is 0. The van der Waals surface area contributed by atoms with Crippen LogP contribution in [0.15, 0.2) is 48.5 Å². The van der Waals surface area contributed by atoms with Gasteiger partial charge in [0.1, 0.15) is 5.75 Å². The van der Waals surface area contributed by atoms with Gasteiger partial charge in [-0.05, 0) is 61.2 Å². The number of rotatable bonds is 14. The maximum absolute atomic E-state index is 12.4. The van der Waals surface area contributed by atoms with E-state index in [1.807, 2.05) is 24.3 Å². The van der Waals surface area contributed by atoms with Crippen LogP contribution in [0.3, 0.4) is 0 Å². The summed E-state index contributed by atoms with van der Waals surface area (Å²) in [7, 11) is 0. The minimum Gasteiger partial charge on any atom is -0.423 e. The van der Waals surface area contributed by atoms with Crippen molar-refractivity contribution >= 4 is 11.8 Å². The molecule has 0 amide bonds. The fraction of sp³-hybridized carbons (Fsp3) is 0.481. The van der Waals surface area contributed by atoms with E-state index in [1.165, 1.54) is 50.5 Å². The largest absolute Gasteiger partial charge is 0.423 e. The maximum atomic E-state index is 12.4. The van der Waals surface area contributed by atoms with E-state index in [1.54, 1.807) is 24.3 Å². The molecule has 0 heterocycles. The second-order valence-electron chi connectivity index (χ2n) is 8.01. The second-order valence-corrected chi connectivity index (χ2v) is 8.01. The first-order chi connectivity index (χ1) is 14.6. The minimum absolute atomic E-state index is 0.152. The highest BCUT2D eigenvalue weighted by molar-refractivity contribution is 5.96. The average Bonchev–Trinajstić information content (AvgIpc) is 2.77. The summed E-state index contributed by atoms with van der Waals surface area (Å²) < 4.78 is 5.46. The zero-order chi connectivity index (χ0) is 21.6. The summed E-state index contributed by atoms with van der Waals surface area (Å²) in [5.74, 6) is 0.240. The third-order valence-electron chi connectivity index (χ3n) is 5.40. The number of ketones is 1. The number of benzene rings is 2. The van der Waals surface area contributed by atoms with Gasteiger partial charge in [-0.15, -0.1) is 0 Å². The van der Waals surface area contributed by atoms with Crippen LogP contribution in [-0.2, 0) is 6.42 Å². The number of unbranched alkanes of at least 4 members (excludes halogenated alkanes) is 7. The molecular weight excluding hydrogens is 372 g/mol. The van der Waals surface area contributed by atoms with Crippen molar-refractivity contribution in [2.45, 2.75) is 84.5 Å². The fourth-order valence-corrected chi connectivity index (χ4v) is 3.47. The van der Waals surface area contributed by atoms with Gasteiger partial charge < -0.3 is 4.74 Å². The van der Waals surface area contributed by atoms with E-state index in [2.05, 4.69) is 13.8 Å². The highest BCUT2D eigenvalue weighted by Crippen LogP contribution is 2.17. The van der Waals surface area contributed by atoms with Gasteiger partial charge in [0, 0.05) is 12.0 Å². The normalized spacial score (nSPS) is 10.7. The molecule has 0 unspecified atom stereocenters. The molecule has 0 aromatic heterocycles. The van der Waals surface area contributed by atoms with Crippen LogP contribution in [0, 0.1) is 0 Å². The molecule has 0 aliphatic carbocycles. The molecule has 0 saturated heterocycles. The standard InChI is InChI=1S/C27H36O3/c1-3-5-7-9-11-13-26(28)23-18-20-25(21-19-23)30-27(29)24-16-14-22(15-17-24)12-10-8-6-4-2/h14-21H,3-13H2,1-2H3. The number of hydrogen-bond acceptors (Lipinski definition) is 3. The third kappa shape index (κ3) is 8.52. The van der Waals surface area contributed by atoms with E-state index in [9.17, 15) is 9.59 Å². The van der Waals surface area contributed by atoms with Crippen LogP contribution in [0.4, 0.5) is 0 Å². The first-order valence-electron chi connectivity index (χ1n) is 11.6. The van der Waals surface area contributed by atoms with Gasteiger partial charge in [0.25, 0.3) is 0 Å². The lowest BCUT2D eigenvalue weighted by molar-refractivity contribution is 0.0734. The van der Waals surface area contributed by atoms with Crippen LogP contribution in [0.5, 0.6) is 5.75 Å². The number of carbonyl (C=O) groups is 2. The highest BCUT2D eigenvalue weighted by Gasteiger charge is 2.10. The van der Waals surface area contributed by atoms with Gasteiger partial charge in [-0.25, -0.2) is 4.79 Å². The number of esters is 1. The third-order valence-corrected chi connectivity index (χ3v) is 5.40. The van der Waals surface area contributed by atoms with Crippen molar-refractivity contribution in [3.63, 3.8) is 0 Å². The van der Waals surface area contributed by atoms with Crippen molar-refractivity contribution in [2.24, 2.45) is 0 Å². The molecule has 2 rings (SSSR count). The Morgan fingerprint density at radius 1 is 0.667 bits per heavy atom. The first-order valence-corrected chi connectivity index (χ1v) is 11.6. The molecule has 3 nitrogen and oxygen atoms in total. The van der Waals surface area contributed by atoms with E-state index in [0.29, 0.717) is 23.3 Å². The number of carbonyl (C=O) groups excluding carboxylic acids is 2. The predicted molar refractivity (Wildman–Crippen MR) is 123 cm³/mol. The van der Waals surface area contributed by atoms with Crippen LogP contribution in [0.25, 0.3) is 0 Å². The van der Waals surface area contributed by atoms with Crippen LogP contribution < -0.4 is 4.74 Å². The molecule has 0 aliphatic rings. The van der Waals surface area contributed by atoms with Crippen molar-refractivity contribution in [2.75, 3.05) is 0 Å². The van der Waals surface area contributed by atoms with Gasteiger partial charge in [-0.1, -0.05) is 70.9 Å². The monoisotopic (exact) mass is 408 g/mol. The van der Waals surface area contributed by atoms with Gasteiger partial charge in [0.15, 0.2) is 5.78 Å². The van der Waals surface area contributed by atoms with E-state index < -0.39 is 0 Å². The lowest BCUT2D eigenvalue weighted by Gasteiger charge is -2.07. The molecule has 0 bridgehead atoms. The maximum Gasteiger partial charge on any atom is 0.343 e. The Balaban J connectivity index is 1.80. The molecule has 2 aromatic carbocycles. The van der Waals surface area contributed by atoms with Crippen molar-refractivity contribution in [1.82, 2.24) is 0 Å². The molecule has 0 radical (unpaired) electrons. The zero-order valence-corrected chi connectivity index (χ0v) is 18.6. The molecule has 162 valence electrons. The Morgan fingerprint density at radius 2 is 1.23 bits per heavy atom. The summed E-state index contributed by atoms with van der Waals surface area (Å²) in [6.45, 7) is 4.39. The van der Waals surface area contributed by atoms with E-state index in [4.69, 9.17) is 4.74 Å². The molecule has 30 heavy (non-hydrogen) atoms. The molecule has 0 saturated carbocycles. The van der Waals surface area contributed by atoms with Crippen LogP contribution in [0.2, 0.25) is 0 Å². The van der Waals surface area contributed by atoms with E-state index in [-0.39, 0.29) is 11.8 Å². The summed E-state index contributed by atoms with van der Waals surface area (Å²) in [5, 5.41) is 0. The minimum atomic E-state index is -0.373. The topological polar surface area (TPSA) is 43.4 Å². The Labute approximate surface area is 181 Å². The lowest BCUT2D eigenvalue weighted by Crippen LogP contribution is -2.08. The van der Waals surface area contributed by atoms with Crippen molar-refractivity contribution in [3.05, 3.63) is 65.2 Å². The Kier molecular flexibility index (Phi) is 10.9. The summed E-state index contributed by atoms with van der Waals surface area (Å²) in [6, 6.07) is 14.6. The van der Waals surface area contributed by atoms with E-state index >= 15 is 0 Å². The predicted octanol–water partition coefficient (Wildman–Crippen LogP) is 7.57. The molecule has 0 N–H and O–H groups in total. The summed E-state index contributed by atoms with van der Waals surface area (Å²) in [6.07, 6.45) is 12.2. The lowest BCUT2D eigenvalue weighted by atomic mass is 10.0. The molecule has 0 fully saturated rings. The molecule has 3 heteroatoms. The average molecular weight is 409 g/mol. The molecule has 2 aromatic rings. The van der Waals surface area contributed by atoms with Crippen LogP contribution >= 0.6 is 0 Å². The Bertz CT molecular complexity index is 760. The van der Waals surface area contributed by atoms with Crippen molar-refractivity contribution in [1.29, 1.82) is 0 Å². The number of aryl methyl sites for hydroxylation is 1. The molecule has 0 atom stereocenters. The summed E-state index contributed by atoms with van der Waals surface area (Å²) in [5.41, 5.74) is 2.47. The van der Waals surface area contributed by atoms with Gasteiger partial charge in [0.05, 0.1) is 5.56 Å². The highest BCUT2D eigenvalue weighted by atomic mass is 16.5. The number of Topliss-reactive ketones (excluding diaryl/α,β-unsaturated/α-hetero) is 1. The van der Waals surface area contributed by atoms with Gasteiger partial charge in [0.2, 0.25) is 0 Å². The summed E-state index contributed by atoms with van der Waals surface area (Å²) in [4.78, 5) is 24.6. The van der Waals surface area contributed by atoms with Crippen molar-refractivity contribution < 1.29 is 14.3 Å². The SMILES string of the molecule is CCCCCCCC(=O)c1ccc(OC(=O)c2ccc(CCCCCC)cc2)cc1. The number of ether oxygens (including phenoxy) is 1. The van der Waals surface area contributed by atoms with E-state index in [0.717, 1.165) is 19.3 Å². The Hall–Kier alpha value is -2.42. The quantitative estimate of drug-likeness (QED) is 0.140. The molecule has 0 spiro atoms. The van der Waals surface area contributed by atoms with Gasteiger partial charge >= 0.3 is 5.97 Å². The Morgan fingerprint density at radius 3 is 1.87 bits per heavy atom. The van der Waals surface area contributed by atoms with Crippen LogP contribution in [0.1, 0.15) is 104 Å². The molecule has 0 aliphatic heterocycles. The second kappa shape index (κ2) is 13.7. The fourth-order valence-electron chi connectivity index (χ4n) is 3.47. The zero-order valence-electron chi connectivity index (χ0n) is 18.6. The van der Waals surface area contributed by atoms with Gasteiger partial charge in [-0.3, -0.25) is 4.79 Å². The van der Waals surface area contributed by atoms with Crippen LogP contribution in [-0.4, -0.2) is 11.8 Å². The van der Waals surface area contributed by atoms with Crippen molar-refractivity contribution in [3.8, 4) is 5.75 Å². The van der Waals surface area contributed by atoms with Gasteiger partial charge in [-0.2, -0.15) is 0 Å². The first kappa shape index (κ1) is 23.9. The molecular formula is C27H36O3. The smallest absolute Gasteiger partial charge is 0.343 e.